The molecule has 0 spiro atoms. The molecule has 2 aromatic heterocycles. The molecular formula is C15H14N2OS. The normalized spacial score (nSPS) is 11.1. The van der Waals surface area contributed by atoms with Gasteiger partial charge in [0.1, 0.15) is 0 Å². The second-order valence-electron chi connectivity index (χ2n) is 4.65. The zero-order valence-electron chi connectivity index (χ0n) is 10.9. The van der Waals surface area contributed by atoms with E-state index in [1.165, 1.54) is 0 Å². The van der Waals surface area contributed by atoms with Crippen molar-refractivity contribution in [2.24, 2.45) is 7.05 Å². The lowest BCUT2D eigenvalue weighted by Gasteiger charge is -2.01. The number of thiophene rings is 1. The summed E-state index contributed by atoms with van der Waals surface area (Å²) in [6.45, 7) is 1.94. The summed E-state index contributed by atoms with van der Waals surface area (Å²) in [5.41, 5.74) is 2.72. The van der Waals surface area contributed by atoms with Crippen LogP contribution >= 0.6 is 11.3 Å². The van der Waals surface area contributed by atoms with Crippen LogP contribution in [0.4, 0.5) is 0 Å². The van der Waals surface area contributed by atoms with E-state index >= 15 is 0 Å². The number of hydrogen-bond donors (Lipinski definition) is 0. The first-order chi connectivity index (χ1) is 9.15. The molecule has 2 heterocycles. The van der Waals surface area contributed by atoms with Crippen molar-refractivity contribution in [1.29, 1.82) is 0 Å². The Morgan fingerprint density at radius 1 is 1.37 bits per heavy atom. The molecule has 0 saturated heterocycles. The lowest BCUT2D eigenvalue weighted by Crippen LogP contribution is -2.07. The van der Waals surface area contributed by atoms with Gasteiger partial charge >= 0.3 is 0 Å². The average Bonchev–Trinajstić information content (AvgIpc) is 2.93. The summed E-state index contributed by atoms with van der Waals surface area (Å²) in [6, 6.07) is 9.99. The highest BCUT2D eigenvalue weighted by Crippen LogP contribution is 2.26. The molecule has 0 aliphatic rings. The Labute approximate surface area is 115 Å². The topological polar surface area (TPSA) is 34.9 Å². The molecule has 0 fully saturated rings. The Morgan fingerprint density at radius 3 is 2.89 bits per heavy atom. The van der Waals surface area contributed by atoms with Crippen LogP contribution in [-0.4, -0.2) is 15.6 Å². The van der Waals surface area contributed by atoms with Crippen LogP contribution in [0.5, 0.6) is 0 Å². The minimum atomic E-state index is 0.153. The Balaban J connectivity index is 1.94. The summed E-state index contributed by atoms with van der Waals surface area (Å²) in [5.74, 6) is 0.153. The van der Waals surface area contributed by atoms with Gasteiger partial charge in [-0.1, -0.05) is 18.2 Å². The first kappa shape index (κ1) is 12.1. The third-order valence-electron chi connectivity index (χ3n) is 3.22. The van der Waals surface area contributed by atoms with E-state index in [1.807, 2.05) is 49.7 Å². The number of carbonyl (C=O) groups excluding carboxylic acids is 1. The minimum absolute atomic E-state index is 0.153. The van der Waals surface area contributed by atoms with Crippen molar-refractivity contribution >= 4 is 27.2 Å². The van der Waals surface area contributed by atoms with Gasteiger partial charge in [-0.2, -0.15) is 5.10 Å². The van der Waals surface area contributed by atoms with Gasteiger partial charge in [-0.15, -0.1) is 11.3 Å². The fraction of sp³-hybridized carbons (Fsp3) is 0.200. The molecule has 3 aromatic rings. The predicted molar refractivity (Wildman–Crippen MR) is 77.8 cm³/mol. The molecule has 3 nitrogen and oxygen atoms in total. The number of hydrogen-bond acceptors (Lipinski definition) is 3. The van der Waals surface area contributed by atoms with Crippen LogP contribution in [0.3, 0.4) is 0 Å². The maximum Gasteiger partial charge on any atom is 0.170 e. The number of carbonyl (C=O) groups is 1. The van der Waals surface area contributed by atoms with Crippen molar-refractivity contribution in [3.8, 4) is 0 Å². The van der Waals surface area contributed by atoms with Gasteiger partial charge in [0.05, 0.1) is 12.1 Å². The molecule has 3 rings (SSSR count). The molecule has 0 aliphatic heterocycles. The lowest BCUT2D eigenvalue weighted by molar-refractivity contribution is 0.0992. The van der Waals surface area contributed by atoms with Crippen molar-refractivity contribution in [1.82, 2.24) is 9.78 Å². The molecular weight excluding hydrogens is 256 g/mol. The number of Topliss-reactive ketones (excluding diaryl/α,β-unsaturated/α-hetero) is 1. The number of fused-ring (bicyclic) bond motifs is 1. The molecule has 0 bridgehead atoms. The maximum absolute atomic E-state index is 12.4. The zero-order chi connectivity index (χ0) is 13.4. The second kappa shape index (κ2) is 4.63. The van der Waals surface area contributed by atoms with E-state index in [-0.39, 0.29) is 5.78 Å². The molecule has 0 aliphatic carbocycles. The molecule has 0 amide bonds. The number of nitrogens with zero attached hydrogens (tertiary/aromatic N) is 2. The maximum atomic E-state index is 12.4. The van der Waals surface area contributed by atoms with Crippen LogP contribution in [0, 0.1) is 6.92 Å². The smallest absolute Gasteiger partial charge is 0.170 e. The Kier molecular flexibility index (Phi) is 2.95. The number of aromatic nitrogens is 2. The van der Waals surface area contributed by atoms with E-state index in [1.54, 1.807) is 16.0 Å². The first-order valence-corrected chi connectivity index (χ1v) is 7.02. The summed E-state index contributed by atoms with van der Waals surface area (Å²) in [6.07, 6.45) is 0.401. The number of aryl methyl sites for hydroxylation is 2. The Hall–Kier alpha value is -1.94. The fourth-order valence-corrected chi connectivity index (χ4v) is 3.25. The summed E-state index contributed by atoms with van der Waals surface area (Å²) < 4.78 is 2.94. The van der Waals surface area contributed by atoms with Gasteiger partial charge < -0.3 is 0 Å². The molecule has 0 saturated carbocycles. The van der Waals surface area contributed by atoms with Gasteiger partial charge in [0.2, 0.25) is 0 Å². The third kappa shape index (κ3) is 2.19. The van der Waals surface area contributed by atoms with Gasteiger partial charge in [-0.05, 0) is 19.1 Å². The van der Waals surface area contributed by atoms with E-state index in [4.69, 9.17) is 0 Å². The summed E-state index contributed by atoms with van der Waals surface area (Å²) in [5, 5.41) is 7.28. The monoisotopic (exact) mass is 270 g/mol. The largest absolute Gasteiger partial charge is 0.294 e. The lowest BCUT2D eigenvalue weighted by atomic mass is 10.1. The van der Waals surface area contributed by atoms with Gasteiger partial charge in [-0.25, -0.2) is 0 Å². The molecule has 0 radical (unpaired) electrons. The van der Waals surface area contributed by atoms with Gasteiger partial charge in [0.25, 0.3) is 0 Å². The van der Waals surface area contributed by atoms with Gasteiger partial charge in [0, 0.05) is 33.8 Å². The van der Waals surface area contributed by atoms with Crippen LogP contribution in [0.2, 0.25) is 0 Å². The molecule has 0 N–H and O–H groups in total. The summed E-state index contributed by atoms with van der Waals surface area (Å²) in [4.78, 5) is 12.4. The van der Waals surface area contributed by atoms with Crippen LogP contribution in [0.15, 0.2) is 35.7 Å². The van der Waals surface area contributed by atoms with Crippen molar-refractivity contribution in [3.05, 3.63) is 52.7 Å². The van der Waals surface area contributed by atoms with Crippen molar-refractivity contribution in [3.63, 3.8) is 0 Å². The van der Waals surface area contributed by atoms with Crippen LogP contribution in [-0.2, 0) is 13.5 Å². The standard InChI is InChI=1S/C15H14N2OS/c1-10-7-11(17(2)16-10)8-14(18)13-9-19-15-6-4-3-5-12(13)15/h3-7,9H,8H2,1-2H3. The molecule has 4 heteroatoms. The van der Waals surface area contributed by atoms with E-state index in [9.17, 15) is 4.79 Å². The van der Waals surface area contributed by atoms with Crippen LogP contribution in [0.1, 0.15) is 21.7 Å². The van der Waals surface area contributed by atoms with Crippen LogP contribution in [0.25, 0.3) is 10.1 Å². The van der Waals surface area contributed by atoms with Crippen molar-refractivity contribution in [2.75, 3.05) is 0 Å². The molecule has 96 valence electrons. The molecule has 1 aromatic carbocycles. The highest BCUT2D eigenvalue weighted by Gasteiger charge is 2.14. The fourth-order valence-electron chi connectivity index (χ4n) is 2.28. The highest BCUT2D eigenvalue weighted by atomic mass is 32.1. The van der Waals surface area contributed by atoms with Gasteiger partial charge in [0.15, 0.2) is 5.78 Å². The second-order valence-corrected chi connectivity index (χ2v) is 5.56. The summed E-state index contributed by atoms with van der Waals surface area (Å²) >= 11 is 1.62. The number of ketones is 1. The summed E-state index contributed by atoms with van der Waals surface area (Å²) in [7, 11) is 1.88. The van der Waals surface area contributed by atoms with Crippen molar-refractivity contribution in [2.45, 2.75) is 13.3 Å². The molecule has 0 atom stereocenters. The SMILES string of the molecule is Cc1cc(CC(=O)c2csc3ccccc23)n(C)n1. The molecule has 19 heavy (non-hydrogen) atoms. The number of rotatable bonds is 3. The zero-order valence-corrected chi connectivity index (χ0v) is 11.7. The Morgan fingerprint density at radius 2 is 2.16 bits per heavy atom. The Bertz CT molecular complexity index is 754. The van der Waals surface area contributed by atoms with E-state index in [0.717, 1.165) is 27.0 Å². The van der Waals surface area contributed by atoms with Gasteiger partial charge in [-0.3, -0.25) is 9.48 Å². The van der Waals surface area contributed by atoms with Crippen LogP contribution < -0.4 is 0 Å². The first-order valence-electron chi connectivity index (χ1n) is 6.14. The number of benzene rings is 1. The van der Waals surface area contributed by atoms with E-state index < -0.39 is 0 Å². The third-order valence-corrected chi connectivity index (χ3v) is 4.19. The van der Waals surface area contributed by atoms with Crippen molar-refractivity contribution < 1.29 is 4.79 Å². The quantitative estimate of drug-likeness (QED) is 0.684. The molecule has 0 unspecified atom stereocenters. The average molecular weight is 270 g/mol. The highest BCUT2D eigenvalue weighted by molar-refractivity contribution is 7.17. The minimum Gasteiger partial charge on any atom is -0.294 e. The predicted octanol–water partition coefficient (Wildman–Crippen LogP) is 3.37. The van der Waals surface area contributed by atoms with E-state index in [0.29, 0.717) is 6.42 Å². The van der Waals surface area contributed by atoms with E-state index in [2.05, 4.69) is 5.10 Å².